The minimum atomic E-state index is -3.80. The molecule has 1 unspecified atom stereocenters. The first-order chi connectivity index (χ1) is 6.09. The third-order valence-corrected chi connectivity index (χ3v) is 4.30. The van der Waals surface area contributed by atoms with Crippen LogP contribution in [-0.2, 0) is 9.84 Å². The van der Waals surface area contributed by atoms with Gasteiger partial charge in [-0.2, -0.15) is 0 Å². The van der Waals surface area contributed by atoms with E-state index in [0.29, 0.717) is 0 Å². The van der Waals surface area contributed by atoms with Crippen LogP contribution in [-0.4, -0.2) is 19.3 Å². The Morgan fingerprint density at radius 3 is 2.31 bits per heavy atom. The summed E-state index contributed by atoms with van der Waals surface area (Å²) in [6.07, 6.45) is 0. The molecule has 2 nitrogen and oxygen atoms in total. The summed E-state index contributed by atoms with van der Waals surface area (Å²) >= 11 is 2.79. The van der Waals surface area contributed by atoms with E-state index in [-0.39, 0.29) is 10.2 Å². The second-order valence-electron chi connectivity index (χ2n) is 2.42. The molecule has 1 aromatic carbocycles. The van der Waals surface area contributed by atoms with E-state index >= 15 is 0 Å². The highest BCUT2D eigenvalue weighted by atomic mass is 79.9. The van der Waals surface area contributed by atoms with Crippen molar-refractivity contribution in [1.82, 2.24) is 0 Å². The van der Waals surface area contributed by atoms with Gasteiger partial charge in [0.2, 0.25) is 15.3 Å². The third-order valence-electron chi connectivity index (χ3n) is 1.53. The first-order valence-corrected chi connectivity index (χ1v) is 6.25. The molecule has 1 aromatic rings. The van der Waals surface area contributed by atoms with E-state index in [1.165, 1.54) is 12.1 Å². The van der Waals surface area contributed by atoms with Crippen LogP contribution in [0.5, 0.6) is 0 Å². The first kappa shape index (κ1) is 10.7. The Balaban J connectivity index is 3.09. The Morgan fingerprint density at radius 2 is 1.85 bits per heavy atom. The molecule has 0 aromatic heterocycles. The minimum absolute atomic E-state index is 0.0157. The summed E-state index contributed by atoms with van der Waals surface area (Å²) < 4.78 is 35.7. The van der Waals surface area contributed by atoms with Crippen molar-refractivity contribution in [2.24, 2.45) is 0 Å². The Hall–Kier alpha value is -0.420. The molecule has 0 bridgehead atoms. The van der Waals surface area contributed by atoms with Crippen LogP contribution in [0.4, 0.5) is 4.39 Å². The van der Waals surface area contributed by atoms with Crippen LogP contribution in [0.25, 0.3) is 0 Å². The summed E-state index contributed by atoms with van der Waals surface area (Å²) in [7, 11) is -3.80. The van der Waals surface area contributed by atoms with Crippen molar-refractivity contribution < 1.29 is 12.8 Å². The summed E-state index contributed by atoms with van der Waals surface area (Å²) in [5.74, 6) is 0. The second kappa shape index (κ2) is 4.19. The van der Waals surface area contributed by atoms with Gasteiger partial charge in [0.05, 0.1) is 4.90 Å². The number of alkyl halides is 2. The smallest absolute Gasteiger partial charge is 0.214 e. The highest BCUT2D eigenvalue weighted by Crippen LogP contribution is 2.17. The molecule has 0 saturated carbocycles. The van der Waals surface area contributed by atoms with Crippen LogP contribution >= 0.6 is 15.9 Å². The molecule has 1 atom stereocenters. The van der Waals surface area contributed by atoms with E-state index < -0.39 is 15.3 Å². The van der Waals surface area contributed by atoms with Crippen molar-refractivity contribution in [2.45, 2.75) is 10.4 Å². The van der Waals surface area contributed by atoms with Crippen molar-refractivity contribution in [2.75, 3.05) is 5.33 Å². The largest absolute Gasteiger partial charge is 0.229 e. The van der Waals surface area contributed by atoms with Crippen molar-refractivity contribution in [3.8, 4) is 0 Å². The zero-order valence-electron chi connectivity index (χ0n) is 6.65. The molecule has 13 heavy (non-hydrogen) atoms. The van der Waals surface area contributed by atoms with Gasteiger partial charge in [0.1, 0.15) is 0 Å². The molecule has 0 N–H and O–H groups in total. The topological polar surface area (TPSA) is 34.1 Å². The fourth-order valence-electron chi connectivity index (χ4n) is 0.841. The Morgan fingerprint density at radius 1 is 1.31 bits per heavy atom. The summed E-state index contributed by atoms with van der Waals surface area (Å²) in [5.41, 5.74) is -1.88. The van der Waals surface area contributed by atoms with Gasteiger partial charge in [-0.1, -0.05) is 34.1 Å². The second-order valence-corrected chi connectivity index (χ2v) is 5.14. The highest BCUT2D eigenvalue weighted by Gasteiger charge is 2.25. The quantitative estimate of drug-likeness (QED) is 0.786. The van der Waals surface area contributed by atoms with E-state index in [4.69, 9.17) is 0 Å². The van der Waals surface area contributed by atoms with Gasteiger partial charge >= 0.3 is 0 Å². The van der Waals surface area contributed by atoms with Crippen LogP contribution in [0.2, 0.25) is 0 Å². The predicted molar refractivity (Wildman–Crippen MR) is 52.3 cm³/mol. The van der Waals surface area contributed by atoms with Crippen LogP contribution in [0.1, 0.15) is 0 Å². The maximum Gasteiger partial charge on any atom is 0.214 e. The zero-order valence-corrected chi connectivity index (χ0v) is 9.05. The number of hydrogen-bond donors (Lipinski definition) is 0. The lowest BCUT2D eigenvalue weighted by atomic mass is 10.4. The molecule has 0 saturated heterocycles. The zero-order chi connectivity index (χ0) is 9.90. The van der Waals surface area contributed by atoms with Crippen LogP contribution in [0.3, 0.4) is 0 Å². The Bertz CT molecular complexity index is 363. The monoisotopic (exact) mass is 266 g/mol. The molecular weight excluding hydrogens is 259 g/mol. The summed E-state index contributed by atoms with van der Waals surface area (Å²) in [5, 5.41) is -0.204. The van der Waals surface area contributed by atoms with Gasteiger partial charge in [-0.05, 0) is 12.1 Å². The van der Waals surface area contributed by atoms with Crippen LogP contribution in [0.15, 0.2) is 35.2 Å². The molecule has 72 valence electrons. The number of hydrogen-bond acceptors (Lipinski definition) is 2. The standard InChI is InChI=1S/C8H8BrFO2S/c9-6-8(10)13(11,12)7-4-2-1-3-5-7/h1-5,8H,6H2. The van der Waals surface area contributed by atoms with Gasteiger partial charge in [-0.15, -0.1) is 0 Å². The minimum Gasteiger partial charge on any atom is -0.229 e. The summed E-state index contributed by atoms with van der Waals surface area (Å²) in [4.78, 5) is 0.0157. The maximum absolute atomic E-state index is 13.0. The van der Waals surface area contributed by atoms with E-state index in [1.807, 2.05) is 0 Å². The van der Waals surface area contributed by atoms with Gasteiger partial charge < -0.3 is 0 Å². The molecule has 5 heteroatoms. The fraction of sp³-hybridized carbons (Fsp3) is 0.250. The Labute approximate surface area is 84.8 Å². The number of benzene rings is 1. The molecule has 0 heterocycles. The molecule has 0 aliphatic rings. The number of halogens is 2. The van der Waals surface area contributed by atoms with Gasteiger partial charge in [-0.25, -0.2) is 12.8 Å². The lowest BCUT2D eigenvalue weighted by Gasteiger charge is -2.05. The van der Waals surface area contributed by atoms with Gasteiger partial charge in [0.25, 0.3) is 0 Å². The van der Waals surface area contributed by atoms with Gasteiger partial charge in [0, 0.05) is 5.33 Å². The molecule has 0 aliphatic carbocycles. The fourth-order valence-corrected chi connectivity index (χ4v) is 2.88. The molecular formula is C8H8BrFO2S. The van der Waals surface area contributed by atoms with E-state index in [0.717, 1.165) is 0 Å². The molecule has 0 aliphatic heterocycles. The summed E-state index contributed by atoms with van der Waals surface area (Å²) in [6.45, 7) is 0. The first-order valence-electron chi connectivity index (χ1n) is 3.58. The Kier molecular flexibility index (Phi) is 3.44. The molecule has 0 radical (unpaired) electrons. The molecule has 0 fully saturated rings. The van der Waals surface area contributed by atoms with E-state index in [2.05, 4.69) is 15.9 Å². The van der Waals surface area contributed by atoms with Crippen molar-refractivity contribution in [3.63, 3.8) is 0 Å². The van der Waals surface area contributed by atoms with Crippen molar-refractivity contribution in [1.29, 1.82) is 0 Å². The lowest BCUT2D eigenvalue weighted by Crippen LogP contribution is -2.17. The van der Waals surface area contributed by atoms with Crippen molar-refractivity contribution in [3.05, 3.63) is 30.3 Å². The van der Waals surface area contributed by atoms with Crippen LogP contribution in [0, 0.1) is 0 Å². The average Bonchev–Trinajstić information content (AvgIpc) is 2.18. The highest BCUT2D eigenvalue weighted by molar-refractivity contribution is 9.09. The molecule has 1 rings (SSSR count). The number of sulfone groups is 1. The molecule has 0 spiro atoms. The van der Waals surface area contributed by atoms with Crippen molar-refractivity contribution >= 4 is 25.8 Å². The van der Waals surface area contributed by atoms with Gasteiger partial charge in [-0.3, -0.25) is 0 Å². The summed E-state index contributed by atoms with van der Waals surface area (Å²) in [6, 6.07) is 7.57. The molecule has 0 amide bonds. The normalized spacial score (nSPS) is 14.0. The number of rotatable bonds is 3. The SMILES string of the molecule is O=S(=O)(c1ccccc1)C(F)CBr. The van der Waals surface area contributed by atoms with Gasteiger partial charge in [0.15, 0.2) is 0 Å². The van der Waals surface area contributed by atoms with E-state index in [1.54, 1.807) is 18.2 Å². The van der Waals surface area contributed by atoms with Crippen LogP contribution < -0.4 is 0 Å². The van der Waals surface area contributed by atoms with E-state index in [9.17, 15) is 12.8 Å². The third kappa shape index (κ3) is 2.28. The predicted octanol–water partition coefficient (Wildman–Crippen LogP) is 2.15. The lowest BCUT2D eigenvalue weighted by molar-refractivity contribution is 0.450. The average molecular weight is 267 g/mol. The maximum atomic E-state index is 13.0.